The van der Waals surface area contributed by atoms with E-state index in [2.05, 4.69) is 0 Å². The van der Waals surface area contributed by atoms with Crippen molar-refractivity contribution in [3.8, 4) is 5.75 Å². The van der Waals surface area contributed by atoms with Gasteiger partial charge in [0.25, 0.3) is 0 Å². The molecule has 1 aliphatic rings. The van der Waals surface area contributed by atoms with Gasteiger partial charge in [0.05, 0.1) is 17.9 Å². The standard InChI is InChI=1S/C14H20N2O4S/c15-4-7-20-13-3-1-2-12(10-13)11-14(17)16-5-8-21(18,19)9-6-16/h1-3,10H,4-9,11,15H2. The second-order valence-corrected chi connectivity index (χ2v) is 7.30. The SMILES string of the molecule is NCCOc1cccc(CC(=O)N2CCS(=O)(=O)CC2)c1. The number of ether oxygens (including phenoxy) is 1. The van der Waals surface area contributed by atoms with E-state index in [1.807, 2.05) is 24.3 Å². The molecular weight excluding hydrogens is 292 g/mol. The number of benzene rings is 1. The van der Waals surface area contributed by atoms with Crippen molar-refractivity contribution in [3.05, 3.63) is 29.8 Å². The predicted octanol–water partition coefficient (Wildman–Crippen LogP) is -0.176. The molecule has 21 heavy (non-hydrogen) atoms. The quantitative estimate of drug-likeness (QED) is 0.815. The lowest BCUT2D eigenvalue weighted by Crippen LogP contribution is -2.44. The molecule has 7 heteroatoms. The summed E-state index contributed by atoms with van der Waals surface area (Å²) in [5, 5.41) is 0. The zero-order chi connectivity index (χ0) is 15.3. The minimum atomic E-state index is -2.96. The minimum absolute atomic E-state index is 0.0540. The van der Waals surface area contributed by atoms with Crippen molar-refractivity contribution in [1.82, 2.24) is 4.90 Å². The molecule has 0 spiro atoms. The van der Waals surface area contributed by atoms with Gasteiger partial charge in [-0.3, -0.25) is 4.79 Å². The summed E-state index contributed by atoms with van der Waals surface area (Å²) in [7, 11) is -2.96. The molecule has 1 aromatic rings. The van der Waals surface area contributed by atoms with E-state index >= 15 is 0 Å². The van der Waals surface area contributed by atoms with Crippen molar-refractivity contribution in [2.45, 2.75) is 6.42 Å². The van der Waals surface area contributed by atoms with Gasteiger partial charge in [-0.2, -0.15) is 0 Å². The highest BCUT2D eigenvalue weighted by Gasteiger charge is 2.24. The van der Waals surface area contributed by atoms with Gasteiger partial charge in [-0.1, -0.05) is 12.1 Å². The summed E-state index contributed by atoms with van der Waals surface area (Å²) < 4.78 is 28.1. The largest absolute Gasteiger partial charge is 0.492 e. The van der Waals surface area contributed by atoms with Crippen LogP contribution in [0.2, 0.25) is 0 Å². The third-order valence-corrected chi connectivity index (χ3v) is 4.95. The topological polar surface area (TPSA) is 89.7 Å². The summed E-state index contributed by atoms with van der Waals surface area (Å²) in [6.07, 6.45) is 0.250. The van der Waals surface area contributed by atoms with Gasteiger partial charge in [0.15, 0.2) is 9.84 Å². The van der Waals surface area contributed by atoms with Crippen LogP contribution in [-0.4, -0.2) is 57.0 Å². The van der Waals surface area contributed by atoms with E-state index in [-0.39, 0.29) is 36.9 Å². The molecule has 0 unspecified atom stereocenters. The Balaban J connectivity index is 1.93. The van der Waals surface area contributed by atoms with Crippen LogP contribution in [0.25, 0.3) is 0 Å². The summed E-state index contributed by atoms with van der Waals surface area (Å²) in [5.41, 5.74) is 6.23. The van der Waals surface area contributed by atoms with E-state index in [9.17, 15) is 13.2 Å². The van der Waals surface area contributed by atoms with Crippen molar-refractivity contribution in [1.29, 1.82) is 0 Å². The molecule has 116 valence electrons. The van der Waals surface area contributed by atoms with Crippen LogP contribution in [0.5, 0.6) is 5.75 Å². The van der Waals surface area contributed by atoms with E-state index in [1.165, 1.54) is 0 Å². The Kier molecular flexibility index (Phi) is 5.19. The minimum Gasteiger partial charge on any atom is -0.492 e. The molecule has 6 nitrogen and oxygen atoms in total. The monoisotopic (exact) mass is 312 g/mol. The van der Waals surface area contributed by atoms with Gasteiger partial charge in [-0.25, -0.2) is 8.42 Å². The zero-order valence-electron chi connectivity index (χ0n) is 11.8. The van der Waals surface area contributed by atoms with Gasteiger partial charge in [-0.05, 0) is 17.7 Å². The molecule has 2 rings (SSSR count). The molecule has 0 radical (unpaired) electrons. The van der Waals surface area contributed by atoms with E-state index < -0.39 is 9.84 Å². The van der Waals surface area contributed by atoms with Crippen molar-refractivity contribution in [2.24, 2.45) is 5.73 Å². The van der Waals surface area contributed by atoms with E-state index in [0.29, 0.717) is 18.9 Å². The summed E-state index contributed by atoms with van der Waals surface area (Å²) in [6, 6.07) is 7.31. The number of nitrogens with zero attached hydrogens (tertiary/aromatic N) is 1. The number of rotatable bonds is 5. The van der Waals surface area contributed by atoms with Crippen LogP contribution in [0.15, 0.2) is 24.3 Å². The maximum Gasteiger partial charge on any atom is 0.227 e. The van der Waals surface area contributed by atoms with Crippen LogP contribution in [0, 0.1) is 0 Å². The predicted molar refractivity (Wildman–Crippen MR) is 79.9 cm³/mol. The molecule has 0 aromatic heterocycles. The zero-order valence-corrected chi connectivity index (χ0v) is 12.6. The maximum atomic E-state index is 12.2. The van der Waals surface area contributed by atoms with Gasteiger partial charge in [-0.15, -0.1) is 0 Å². The van der Waals surface area contributed by atoms with Crippen molar-refractivity contribution in [3.63, 3.8) is 0 Å². The van der Waals surface area contributed by atoms with Crippen molar-refractivity contribution >= 4 is 15.7 Å². The highest BCUT2D eigenvalue weighted by atomic mass is 32.2. The summed E-state index contributed by atoms with van der Waals surface area (Å²) in [6.45, 7) is 1.43. The second kappa shape index (κ2) is 6.91. The lowest BCUT2D eigenvalue weighted by molar-refractivity contribution is -0.130. The molecule has 0 saturated carbocycles. The maximum absolute atomic E-state index is 12.2. The van der Waals surface area contributed by atoms with Gasteiger partial charge < -0.3 is 15.4 Å². The first-order chi connectivity index (χ1) is 10.00. The number of carbonyl (C=O) groups is 1. The summed E-state index contributed by atoms with van der Waals surface area (Å²) in [4.78, 5) is 13.8. The Morgan fingerprint density at radius 2 is 2.00 bits per heavy atom. The summed E-state index contributed by atoms with van der Waals surface area (Å²) in [5.74, 6) is 0.740. The Hall–Kier alpha value is -1.60. The van der Waals surface area contributed by atoms with Gasteiger partial charge in [0.2, 0.25) is 5.91 Å². The fraction of sp³-hybridized carbons (Fsp3) is 0.500. The van der Waals surface area contributed by atoms with E-state index in [4.69, 9.17) is 10.5 Å². The molecule has 1 fully saturated rings. The normalized spacial score (nSPS) is 17.5. The first kappa shape index (κ1) is 15.8. The number of hydrogen-bond donors (Lipinski definition) is 1. The van der Waals surface area contributed by atoms with Crippen LogP contribution in [0.4, 0.5) is 0 Å². The lowest BCUT2D eigenvalue weighted by Gasteiger charge is -2.26. The van der Waals surface area contributed by atoms with Crippen LogP contribution in [0.1, 0.15) is 5.56 Å². The average molecular weight is 312 g/mol. The van der Waals surface area contributed by atoms with Crippen LogP contribution in [-0.2, 0) is 21.1 Å². The number of nitrogens with two attached hydrogens (primary N) is 1. The molecule has 1 saturated heterocycles. The Labute approximate surface area is 124 Å². The van der Waals surface area contributed by atoms with E-state index in [1.54, 1.807) is 4.90 Å². The molecule has 1 amide bonds. The molecule has 0 bridgehead atoms. The Morgan fingerprint density at radius 3 is 2.67 bits per heavy atom. The second-order valence-electron chi connectivity index (χ2n) is 4.99. The number of amides is 1. The first-order valence-corrected chi connectivity index (χ1v) is 8.72. The van der Waals surface area contributed by atoms with Gasteiger partial charge >= 0.3 is 0 Å². The highest BCUT2D eigenvalue weighted by molar-refractivity contribution is 7.91. The average Bonchev–Trinajstić information content (AvgIpc) is 2.45. The molecule has 0 atom stereocenters. The molecule has 0 aliphatic carbocycles. The number of carbonyl (C=O) groups excluding carboxylic acids is 1. The molecule has 2 N–H and O–H groups in total. The third kappa shape index (κ3) is 4.71. The highest BCUT2D eigenvalue weighted by Crippen LogP contribution is 2.15. The van der Waals surface area contributed by atoms with Crippen molar-refractivity contribution in [2.75, 3.05) is 37.7 Å². The lowest BCUT2D eigenvalue weighted by atomic mass is 10.1. The Bertz CT molecular complexity index is 587. The van der Waals surface area contributed by atoms with E-state index in [0.717, 1.165) is 5.56 Å². The first-order valence-electron chi connectivity index (χ1n) is 6.90. The van der Waals surface area contributed by atoms with Crippen LogP contribution < -0.4 is 10.5 Å². The van der Waals surface area contributed by atoms with Gasteiger partial charge in [0, 0.05) is 19.6 Å². The van der Waals surface area contributed by atoms with Crippen LogP contribution >= 0.6 is 0 Å². The molecule has 1 aromatic carbocycles. The number of sulfone groups is 1. The Morgan fingerprint density at radius 1 is 1.29 bits per heavy atom. The number of hydrogen-bond acceptors (Lipinski definition) is 5. The fourth-order valence-electron chi connectivity index (χ4n) is 2.17. The molecule has 1 heterocycles. The van der Waals surface area contributed by atoms with Crippen LogP contribution in [0.3, 0.4) is 0 Å². The van der Waals surface area contributed by atoms with Gasteiger partial charge in [0.1, 0.15) is 12.4 Å². The molecular formula is C14H20N2O4S. The van der Waals surface area contributed by atoms with Crippen molar-refractivity contribution < 1.29 is 17.9 Å². The summed E-state index contributed by atoms with van der Waals surface area (Å²) >= 11 is 0. The fourth-order valence-corrected chi connectivity index (χ4v) is 3.37. The third-order valence-electron chi connectivity index (χ3n) is 3.34. The molecule has 1 aliphatic heterocycles. The smallest absolute Gasteiger partial charge is 0.227 e.